The first kappa shape index (κ1) is 14.5. The molecule has 1 saturated heterocycles. The van der Waals surface area contributed by atoms with E-state index in [2.05, 4.69) is 18.7 Å². The summed E-state index contributed by atoms with van der Waals surface area (Å²) < 4.78 is 13.4. The van der Waals surface area contributed by atoms with Crippen molar-refractivity contribution in [2.75, 3.05) is 13.1 Å². The first-order valence-corrected chi connectivity index (χ1v) is 7.37. The van der Waals surface area contributed by atoms with E-state index in [9.17, 15) is 4.39 Å². The average molecular weight is 264 g/mol. The molecule has 0 saturated carbocycles. The minimum Gasteiger partial charge on any atom is -0.330 e. The highest BCUT2D eigenvalue weighted by atomic mass is 19.1. The van der Waals surface area contributed by atoms with Gasteiger partial charge in [0.1, 0.15) is 5.82 Å². The first-order valence-electron chi connectivity index (χ1n) is 7.37. The van der Waals surface area contributed by atoms with E-state index in [-0.39, 0.29) is 5.82 Å². The van der Waals surface area contributed by atoms with E-state index in [1.807, 2.05) is 12.1 Å². The fraction of sp³-hybridized carbons (Fsp3) is 0.625. The van der Waals surface area contributed by atoms with Crippen molar-refractivity contribution in [2.45, 2.75) is 45.2 Å². The van der Waals surface area contributed by atoms with Gasteiger partial charge >= 0.3 is 0 Å². The smallest absolute Gasteiger partial charge is 0.123 e. The van der Waals surface area contributed by atoms with Gasteiger partial charge in [0.05, 0.1) is 0 Å². The molecule has 2 N–H and O–H groups in total. The predicted molar refractivity (Wildman–Crippen MR) is 77.4 cm³/mol. The van der Waals surface area contributed by atoms with Gasteiger partial charge in [-0.05, 0) is 56.3 Å². The Hall–Kier alpha value is -0.930. The Morgan fingerprint density at radius 2 is 2.21 bits per heavy atom. The molecule has 1 aromatic carbocycles. The van der Waals surface area contributed by atoms with Crippen molar-refractivity contribution in [3.8, 4) is 0 Å². The monoisotopic (exact) mass is 264 g/mol. The zero-order valence-electron chi connectivity index (χ0n) is 12.0. The number of nitrogens with two attached hydrogens (primary N) is 1. The molecule has 106 valence electrons. The standard InChI is InChI=1S/C16H25FN2/c1-3-16(14-5-4-6-15(17)9-14)19-11-13(10-18)8-7-12(19)2/h4-6,9,12-13,16H,3,7-8,10-11,18H2,1-2H3. The molecular formula is C16H25FN2. The number of nitrogens with zero attached hydrogens (tertiary/aromatic N) is 1. The summed E-state index contributed by atoms with van der Waals surface area (Å²) >= 11 is 0. The van der Waals surface area contributed by atoms with Crippen LogP contribution in [0.3, 0.4) is 0 Å². The van der Waals surface area contributed by atoms with E-state index in [0.29, 0.717) is 18.0 Å². The molecule has 0 spiro atoms. The molecule has 0 bridgehead atoms. The molecule has 0 amide bonds. The largest absolute Gasteiger partial charge is 0.330 e. The van der Waals surface area contributed by atoms with Crippen molar-refractivity contribution >= 4 is 0 Å². The lowest BCUT2D eigenvalue weighted by Crippen LogP contribution is -2.45. The van der Waals surface area contributed by atoms with E-state index in [0.717, 1.165) is 25.1 Å². The lowest BCUT2D eigenvalue weighted by molar-refractivity contribution is 0.0710. The van der Waals surface area contributed by atoms with Gasteiger partial charge in [-0.3, -0.25) is 4.90 Å². The van der Waals surface area contributed by atoms with Gasteiger partial charge < -0.3 is 5.73 Å². The topological polar surface area (TPSA) is 29.3 Å². The molecule has 19 heavy (non-hydrogen) atoms. The zero-order chi connectivity index (χ0) is 13.8. The van der Waals surface area contributed by atoms with E-state index in [1.54, 1.807) is 6.07 Å². The lowest BCUT2D eigenvalue weighted by atomic mass is 9.90. The van der Waals surface area contributed by atoms with E-state index in [4.69, 9.17) is 5.73 Å². The molecule has 3 atom stereocenters. The minimum atomic E-state index is -0.143. The van der Waals surface area contributed by atoms with Gasteiger partial charge in [0.2, 0.25) is 0 Å². The van der Waals surface area contributed by atoms with Crippen molar-refractivity contribution in [1.29, 1.82) is 0 Å². The molecule has 1 aliphatic heterocycles. The number of hydrogen-bond acceptors (Lipinski definition) is 2. The van der Waals surface area contributed by atoms with Crippen LogP contribution in [0.25, 0.3) is 0 Å². The van der Waals surface area contributed by atoms with Gasteiger partial charge in [0.15, 0.2) is 0 Å². The third-order valence-electron chi connectivity index (χ3n) is 4.38. The Kier molecular flexibility index (Phi) is 4.94. The summed E-state index contributed by atoms with van der Waals surface area (Å²) in [4.78, 5) is 2.51. The maximum absolute atomic E-state index is 13.4. The van der Waals surface area contributed by atoms with Crippen LogP contribution in [0, 0.1) is 11.7 Å². The lowest BCUT2D eigenvalue weighted by Gasteiger charge is -2.42. The number of hydrogen-bond donors (Lipinski definition) is 1. The fourth-order valence-corrected chi connectivity index (χ4v) is 3.21. The van der Waals surface area contributed by atoms with Crippen LogP contribution in [-0.4, -0.2) is 24.0 Å². The second-order valence-corrected chi connectivity index (χ2v) is 5.70. The molecule has 0 radical (unpaired) electrons. The second-order valence-electron chi connectivity index (χ2n) is 5.70. The fourth-order valence-electron chi connectivity index (χ4n) is 3.21. The summed E-state index contributed by atoms with van der Waals surface area (Å²) in [6.07, 6.45) is 3.41. The summed E-state index contributed by atoms with van der Waals surface area (Å²) in [5, 5.41) is 0. The van der Waals surface area contributed by atoms with Gasteiger partial charge in [-0.1, -0.05) is 19.1 Å². The van der Waals surface area contributed by atoms with Crippen LogP contribution in [0.5, 0.6) is 0 Å². The molecular weight excluding hydrogens is 239 g/mol. The second kappa shape index (κ2) is 6.49. The molecule has 2 nitrogen and oxygen atoms in total. The summed E-state index contributed by atoms with van der Waals surface area (Å²) in [6, 6.07) is 7.89. The highest BCUT2D eigenvalue weighted by Gasteiger charge is 2.30. The highest BCUT2D eigenvalue weighted by molar-refractivity contribution is 5.20. The zero-order valence-corrected chi connectivity index (χ0v) is 12.0. The average Bonchev–Trinajstić information content (AvgIpc) is 2.42. The van der Waals surface area contributed by atoms with Gasteiger partial charge in [-0.25, -0.2) is 4.39 Å². The van der Waals surface area contributed by atoms with Crippen LogP contribution in [0.15, 0.2) is 24.3 Å². The van der Waals surface area contributed by atoms with Gasteiger partial charge in [-0.15, -0.1) is 0 Å². The van der Waals surface area contributed by atoms with Crippen LogP contribution < -0.4 is 5.73 Å². The van der Waals surface area contributed by atoms with Gasteiger partial charge in [0.25, 0.3) is 0 Å². The summed E-state index contributed by atoms with van der Waals surface area (Å²) in [6.45, 7) is 6.23. The molecule has 2 rings (SSSR count). The van der Waals surface area contributed by atoms with Crippen LogP contribution in [-0.2, 0) is 0 Å². The number of rotatable bonds is 4. The predicted octanol–water partition coefficient (Wildman–Crippen LogP) is 3.34. The number of benzene rings is 1. The van der Waals surface area contributed by atoms with Gasteiger partial charge in [0, 0.05) is 18.6 Å². The minimum absolute atomic E-state index is 0.143. The van der Waals surface area contributed by atoms with Crippen molar-refractivity contribution in [1.82, 2.24) is 4.90 Å². The Labute approximate surface area is 115 Å². The summed E-state index contributed by atoms with van der Waals surface area (Å²) in [5.41, 5.74) is 6.92. The van der Waals surface area contributed by atoms with Crippen LogP contribution in [0.1, 0.15) is 44.7 Å². The van der Waals surface area contributed by atoms with E-state index >= 15 is 0 Å². The van der Waals surface area contributed by atoms with Crippen molar-refractivity contribution in [3.05, 3.63) is 35.6 Å². The Morgan fingerprint density at radius 1 is 1.42 bits per heavy atom. The van der Waals surface area contributed by atoms with Crippen LogP contribution in [0.2, 0.25) is 0 Å². The summed E-state index contributed by atoms with van der Waals surface area (Å²) in [5.74, 6) is 0.440. The van der Waals surface area contributed by atoms with Gasteiger partial charge in [-0.2, -0.15) is 0 Å². The molecule has 0 aliphatic carbocycles. The molecule has 1 fully saturated rings. The van der Waals surface area contributed by atoms with Crippen molar-refractivity contribution in [3.63, 3.8) is 0 Å². The Balaban J connectivity index is 2.20. The number of piperidine rings is 1. The van der Waals surface area contributed by atoms with Crippen LogP contribution >= 0.6 is 0 Å². The number of likely N-dealkylation sites (tertiary alicyclic amines) is 1. The molecule has 1 aromatic rings. The highest BCUT2D eigenvalue weighted by Crippen LogP contribution is 2.32. The molecule has 1 aliphatic rings. The number of halogens is 1. The van der Waals surface area contributed by atoms with Crippen molar-refractivity contribution < 1.29 is 4.39 Å². The molecule has 1 heterocycles. The third kappa shape index (κ3) is 3.34. The third-order valence-corrected chi connectivity index (χ3v) is 4.38. The summed E-state index contributed by atoms with van der Waals surface area (Å²) in [7, 11) is 0. The molecule has 0 aromatic heterocycles. The normalized spacial score (nSPS) is 26.3. The Morgan fingerprint density at radius 3 is 2.84 bits per heavy atom. The van der Waals surface area contributed by atoms with E-state index < -0.39 is 0 Å². The first-order chi connectivity index (χ1) is 9.15. The maximum atomic E-state index is 13.4. The van der Waals surface area contributed by atoms with Crippen LogP contribution in [0.4, 0.5) is 4.39 Å². The molecule has 3 unspecified atom stereocenters. The maximum Gasteiger partial charge on any atom is 0.123 e. The van der Waals surface area contributed by atoms with Crippen molar-refractivity contribution in [2.24, 2.45) is 11.7 Å². The quantitative estimate of drug-likeness (QED) is 0.903. The Bertz CT molecular complexity index is 407. The van der Waals surface area contributed by atoms with E-state index in [1.165, 1.54) is 18.9 Å². The SMILES string of the molecule is CCC(c1cccc(F)c1)N1CC(CN)CCC1C. The molecule has 3 heteroatoms.